The highest BCUT2D eigenvalue weighted by molar-refractivity contribution is 7.89. The first-order valence-corrected chi connectivity index (χ1v) is 11.4. The van der Waals surface area contributed by atoms with Gasteiger partial charge in [-0.1, -0.05) is 12.1 Å². The molecule has 0 fully saturated rings. The Hall–Kier alpha value is -3.29. The number of amides is 1. The summed E-state index contributed by atoms with van der Waals surface area (Å²) < 4.78 is 38.0. The smallest absolute Gasteiger partial charge is 0.284 e. The van der Waals surface area contributed by atoms with Gasteiger partial charge >= 0.3 is 0 Å². The van der Waals surface area contributed by atoms with E-state index >= 15 is 0 Å². The SMILES string of the molecule is Cc1sc(N(Cc2ccc(F)cc2)c2ccc(C#N)cc2)nc1C(=O)NS(C)(=O)=O. The van der Waals surface area contributed by atoms with E-state index in [4.69, 9.17) is 5.26 Å². The lowest BCUT2D eigenvalue weighted by molar-refractivity contribution is 0.0977. The van der Waals surface area contributed by atoms with Crippen molar-refractivity contribution in [2.45, 2.75) is 13.5 Å². The van der Waals surface area contributed by atoms with Gasteiger partial charge in [0.15, 0.2) is 5.13 Å². The number of nitrogens with zero attached hydrogens (tertiary/aromatic N) is 3. The van der Waals surface area contributed by atoms with Crippen LogP contribution in [0.25, 0.3) is 0 Å². The van der Waals surface area contributed by atoms with Crippen molar-refractivity contribution >= 4 is 38.1 Å². The Labute approximate surface area is 177 Å². The fraction of sp³-hybridized carbons (Fsp3) is 0.150. The molecule has 0 atom stereocenters. The molecule has 0 aliphatic carbocycles. The molecule has 1 N–H and O–H groups in total. The van der Waals surface area contributed by atoms with E-state index in [0.29, 0.717) is 27.8 Å². The number of aryl methyl sites for hydroxylation is 1. The van der Waals surface area contributed by atoms with Crippen molar-refractivity contribution in [2.24, 2.45) is 0 Å². The largest absolute Gasteiger partial charge is 0.313 e. The fourth-order valence-electron chi connectivity index (χ4n) is 2.68. The van der Waals surface area contributed by atoms with Crippen molar-refractivity contribution in [1.82, 2.24) is 9.71 Å². The van der Waals surface area contributed by atoms with Crippen molar-refractivity contribution in [2.75, 3.05) is 11.2 Å². The molecule has 7 nitrogen and oxygen atoms in total. The van der Waals surface area contributed by atoms with Crippen LogP contribution in [0.4, 0.5) is 15.2 Å². The lowest BCUT2D eigenvalue weighted by atomic mass is 10.1. The minimum Gasteiger partial charge on any atom is -0.313 e. The van der Waals surface area contributed by atoms with Crippen LogP contribution in [-0.2, 0) is 16.6 Å². The first-order chi connectivity index (χ1) is 14.2. The maximum absolute atomic E-state index is 13.3. The number of halogens is 1. The molecule has 1 heterocycles. The van der Waals surface area contributed by atoms with Crippen LogP contribution < -0.4 is 9.62 Å². The monoisotopic (exact) mass is 444 g/mol. The summed E-state index contributed by atoms with van der Waals surface area (Å²) in [4.78, 5) is 19.0. The normalized spacial score (nSPS) is 11.0. The van der Waals surface area contributed by atoms with E-state index in [-0.39, 0.29) is 11.5 Å². The van der Waals surface area contributed by atoms with Crippen LogP contribution in [0.1, 0.15) is 26.5 Å². The molecule has 0 radical (unpaired) electrons. The Morgan fingerprint density at radius 3 is 2.40 bits per heavy atom. The van der Waals surface area contributed by atoms with Crippen LogP contribution in [0.2, 0.25) is 0 Å². The van der Waals surface area contributed by atoms with Crippen molar-refractivity contribution in [1.29, 1.82) is 5.26 Å². The highest BCUT2D eigenvalue weighted by Crippen LogP contribution is 2.33. The first-order valence-electron chi connectivity index (χ1n) is 8.68. The average molecular weight is 445 g/mol. The number of rotatable bonds is 6. The van der Waals surface area contributed by atoms with Crippen molar-refractivity contribution in [3.05, 3.63) is 76.0 Å². The summed E-state index contributed by atoms with van der Waals surface area (Å²) in [7, 11) is -3.73. The van der Waals surface area contributed by atoms with Crippen molar-refractivity contribution in [3.63, 3.8) is 0 Å². The maximum atomic E-state index is 13.3. The molecule has 3 rings (SSSR count). The highest BCUT2D eigenvalue weighted by Gasteiger charge is 2.22. The van der Waals surface area contributed by atoms with E-state index in [1.165, 1.54) is 23.5 Å². The van der Waals surface area contributed by atoms with Gasteiger partial charge in [0.05, 0.1) is 24.4 Å². The van der Waals surface area contributed by atoms with Crippen LogP contribution in [-0.4, -0.2) is 25.6 Å². The number of sulfonamides is 1. The minimum atomic E-state index is -3.73. The number of carbonyl (C=O) groups is 1. The van der Waals surface area contributed by atoms with E-state index in [1.54, 1.807) is 43.3 Å². The Morgan fingerprint density at radius 2 is 1.83 bits per heavy atom. The number of benzene rings is 2. The van der Waals surface area contributed by atoms with Crippen LogP contribution in [0, 0.1) is 24.1 Å². The third-order valence-corrected chi connectivity index (χ3v) is 5.62. The number of nitriles is 1. The number of anilines is 2. The molecule has 0 aliphatic heterocycles. The van der Waals surface area contributed by atoms with Gasteiger partial charge in [-0.15, -0.1) is 11.3 Å². The van der Waals surface area contributed by atoms with E-state index in [0.717, 1.165) is 11.8 Å². The zero-order valence-corrected chi connectivity index (χ0v) is 17.7. The third kappa shape index (κ3) is 5.20. The van der Waals surface area contributed by atoms with Gasteiger partial charge in [0.1, 0.15) is 11.5 Å². The molecular weight excluding hydrogens is 427 g/mol. The second-order valence-corrected chi connectivity index (χ2v) is 9.41. The quantitative estimate of drug-likeness (QED) is 0.624. The molecule has 0 spiro atoms. The average Bonchev–Trinajstić information content (AvgIpc) is 3.08. The second-order valence-electron chi connectivity index (χ2n) is 6.48. The lowest BCUT2D eigenvalue weighted by Gasteiger charge is -2.22. The highest BCUT2D eigenvalue weighted by atomic mass is 32.2. The summed E-state index contributed by atoms with van der Waals surface area (Å²) in [5, 5.41) is 9.49. The summed E-state index contributed by atoms with van der Waals surface area (Å²) in [5.41, 5.74) is 2.01. The molecular formula is C20H17FN4O3S2. The number of aromatic nitrogens is 1. The summed E-state index contributed by atoms with van der Waals surface area (Å²) in [6.45, 7) is 2.00. The molecule has 0 aliphatic rings. The lowest BCUT2D eigenvalue weighted by Crippen LogP contribution is -2.30. The van der Waals surface area contributed by atoms with Crippen molar-refractivity contribution < 1.29 is 17.6 Å². The van der Waals surface area contributed by atoms with Crippen molar-refractivity contribution in [3.8, 4) is 6.07 Å². The van der Waals surface area contributed by atoms with Gasteiger partial charge in [0.2, 0.25) is 10.0 Å². The molecule has 1 amide bonds. The zero-order chi connectivity index (χ0) is 21.9. The van der Waals surface area contributed by atoms with Crippen LogP contribution in [0.15, 0.2) is 48.5 Å². The van der Waals surface area contributed by atoms with E-state index in [1.807, 2.05) is 9.62 Å². The van der Waals surface area contributed by atoms with Gasteiger partial charge in [-0.05, 0) is 48.9 Å². The van der Waals surface area contributed by atoms with Gasteiger partial charge in [0, 0.05) is 10.6 Å². The number of thiazole rings is 1. The molecule has 1 aromatic heterocycles. The summed E-state index contributed by atoms with van der Waals surface area (Å²) in [6.07, 6.45) is 0.894. The van der Waals surface area contributed by atoms with E-state index < -0.39 is 15.9 Å². The molecule has 0 saturated carbocycles. The summed E-state index contributed by atoms with van der Waals surface area (Å²) >= 11 is 1.22. The second kappa shape index (κ2) is 8.61. The number of carbonyl (C=O) groups excluding carboxylic acids is 1. The van der Waals surface area contributed by atoms with Crippen LogP contribution in [0.3, 0.4) is 0 Å². The Kier molecular flexibility index (Phi) is 6.14. The predicted molar refractivity (Wildman–Crippen MR) is 113 cm³/mol. The molecule has 10 heteroatoms. The molecule has 3 aromatic rings. The van der Waals surface area contributed by atoms with Gasteiger partial charge < -0.3 is 4.90 Å². The molecule has 0 bridgehead atoms. The fourth-order valence-corrected chi connectivity index (χ4v) is 4.04. The summed E-state index contributed by atoms with van der Waals surface area (Å²) in [5.74, 6) is -1.16. The van der Waals surface area contributed by atoms with Crippen LogP contribution >= 0.6 is 11.3 Å². The Balaban J connectivity index is 2.01. The summed E-state index contributed by atoms with van der Waals surface area (Å²) in [6, 6.07) is 14.8. The van der Waals surface area contributed by atoms with E-state index in [2.05, 4.69) is 11.1 Å². The maximum Gasteiger partial charge on any atom is 0.284 e. The number of hydrogen-bond acceptors (Lipinski definition) is 7. The zero-order valence-electron chi connectivity index (χ0n) is 16.1. The number of hydrogen-bond donors (Lipinski definition) is 1. The standard InChI is InChI=1S/C20H17FN4O3S2/c1-13-18(19(26)24-30(2,27)28)23-20(29-13)25(12-15-3-7-16(21)8-4-15)17-9-5-14(11-22)6-10-17/h3-10H,12H2,1-2H3,(H,24,26). The van der Waals surface area contributed by atoms with Gasteiger partial charge in [-0.25, -0.2) is 22.5 Å². The van der Waals surface area contributed by atoms with E-state index in [9.17, 15) is 17.6 Å². The Morgan fingerprint density at radius 1 is 1.20 bits per heavy atom. The third-order valence-electron chi connectivity index (χ3n) is 4.07. The molecule has 0 unspecified atom stereocenters. The van der Waals surface area contributed by atoms with Gasteiger partial charge in [-0.2, -0.15) is 5.26 Å². The van der Waals surface area contributed by atoms with Gasteiger partial charge in [-0.3, -0.25) is 4.79 Å². The predicted octanol–water partition coefficient (Wildman–Crippen LogP) is 3.49. The molecule has 2 aromatic carbocycles. The Bertz CT molecular complexity index is 1210. The minimum absolute atomic E-state index is 0.0122. The number of nitrogens with one attached hydrogen (secondary N) is 1. The van der Waals surface area contributed by atoms with Gasteiger partial charge in [0.25, 0.3) is 5.91 Å². The molecule has 30 heavy (non-hydrogen) atoms. The first kappa shape index (κ1) is 21.4. The topological polar surface area (TPSA) is 103 Å². The molecule has 154 valence electrons. The van der Waals surface area contributed by atoms with Crippen LogP contribution in [0.5, 0.6) is 0 Å². The molecule has 0 saturated heterocycles.